The van der Waals surface area contributed by atoms with Crippen molar-refractivity contribution in [1.29, 1.82) is 0 Å². The Balaban J connectivity index is 1.77. The van der Waals surface area contributed by atoms with Gasteiger partial charge in [-0.25, -0.2) is 9.79 Å². The summed E-state index contributed by atoms with van der Waals surface area (Å²) in [6.07, 6.45) is 3.90. The molecular formula is C22H22N2O4S. The van der Waals surface area contributed by atoms with Crippen LogP contribution in [0.25, 0.3) is 6.08 Å². The van der Waals surface area contributed by atoms with Crippen molar-refractivity contribution in [3.63, 3.8) is 0 Å². The number of ether oxygens (including phenoxy) is 1. The van der Waals surface area contributed by atoms with Crippen molar-refractivity contribution in [3.8, 4) is 5.75 Å². The lowest BCUT2D eigenvalue weighted by Gasteiger charge is -2.07. The van der Waals surface area contributed by atoms with E-state index in [2.05, 4.69) is 11.9 Å². The van der Waals surface area contributed by atoms with E-state index in [1.807, 2.05) is 30.3 Å². The maximum absolute atomic E-state index is 12.6. The Morgan fingerprint density at radius 1 is 1.24 bits per heavy atom. The van der Waals surface area contributed by atoms with Crippen molar-refractivity contribution in [3.05, 3.63) is 64.6 Å². The molecule has 1 saturated heterocycles. The summed E-state index contributed by atoms with van der Waals surface area (Å²) in [4.78, 5) is 30.1. The fourth-order valence-corrected chi connectivity index (χ4v) is 3.61. The van der Waals surface area contributed by atoms with Gasteiger partial charge in [0.05, 0.1) is 22.8 Å². The van der Waals surface area contributed by atoms with Crippen LogP contribution < -0.4 is 4.74 Å². The minimum Gasteiger partial charge on any atom is -0.494 e. The first-order chi connectivity index (χ1) is 14.0. The molecule has 29 heavy (non-hydrogen) atoms. The van der Waals surface area contributed by atoms with Gasteiger partial charge in [-0.3, -0.25) is 9.69 Å². The smallest absolute Gasteiger partial charge is 0.335 e. The lowest BCUT2D eigenvalue weighted by atomic mass is 10.2. The summed E-state index contributed by atoms with van der Waals surface area (Å²) in [5.74, 6) is -0.338. The van der Waals surface area contributed by atoms with Gasteiger partial charge in [0.2, 0.25) is 0 Å². The summed E-state index contributed by atoms with van der Waals surface area (Å²) >= 11 is 1.28. The van der Waals surface area contributed by atoms with Crippen LogP contribution in [-0.2, 0) is 4.79 Å². The fourth-order valence-electron chi connectivity index (χ4n) is 2.62. The lowest BCUT2D eigenvalue weighted by Crippen LogP contribution is -2.23. The van der Waals surface area contributed by atoms with Gasteiger partial charge in [0.25, 0.3) is 5.91 Å². The number of amides is 1. The zero-order valence-electron chi connectivity index (χ0n) is 16.3. The second-order valence-electron chi connectivity index (χ2n) is 6.50. The summed E-state index contributed by atoms with van der Waals surface area (Å²) in [6.45, 7) is 2.79. The summed E-state index contributed by atoms with van der Waals surface area (Å²) in [6, 6.07) is 13.9. The molecule has 0 atom stereocenters. The first kappa shape index (κ1) is 20.7. The molecule has 150 valence electrons. The van der Waals surface area contributed by atoms with E-state index in [4.69, 9.17) is 9.84 Å². The highest BCUT2D eigenvalue weighted by Crippen LogP contribution is 2.33. The number of aliphatic imine (C=N–C) groups is 1. The number of hydrogen-bond donors (Lipinski definition) is 1. The molecule has 0 saturated carbocycles. The van der Waals surface area contributed by atoms with Gasteiger partial charge in [-0.15, -0.1) is 0 Å². The Morgan fingerprint density at radius 2 is 2.00 bits per heavy atom. The van der Waals surface area contributed by atoms with Crippen LogP contribution >= 0.6 is 11.8 Å². The van der Waals surface area contributed by atoms with E-state index in [0.29, 0.717) is 22.4 Å². The van der Waals surface area contributed by atoms with E-state index in [9.17, 15) is 9.59 Å². The van der Waals surface area contributed by atoms with Crippen LogP contribution in [0.15, 0.2) is 58.4 Å². The molecule has 0 radical (unpaired) electrons. The van der Waals surface area contributed by atoms with Gasteiger partial charge in [-0.2, -0.15) is 0 Å². The average Bonchev–Trinajstić information content (AvgIpc) is 2.97. The van der Waals surface area contributed by atoms with Crippen LogP contribution in [0, 0.1) is 0 Å². The van der Waals surface area contributed by atoms with E-state index < -0.39 is 5.97 Å². The number of aromatic carboxylic acids is 1. The molecule has 2 aromatic carbocycles. The number of carbonyl (C=O) groups excluding carboxylic acids is 1. The highest BCUT2D eigenvalue weighted by molar-refractivity contribution is 8.18. The SMILES string of the molecule is CCCCOc1cccc(/C=C2/SC(=Nc3ccc(C(=O)O)cc3)N(C)C2=O)c1. The lowest BCUT2D eigenvalue weighted by molar-refractivity contribution is -0.121. The molecule has 1 N–H and O–H groups in total. The molecule has 1 aliphatic heterocycles. The van der Waals surface area contributed by atoms with Crippen LogP contribution in [0.1, 0.15) is 35.7 Å². The third-order valence-electron chi connectivity index (χ3n) is 4.27. The predicted molar refractivity (Wildman–Crippen MR) is 116 cm³/mol. The molecule has 3 rings (SSSR count). The molecule has 1 fully saturated rings. The molecule has 1 amide bonds. The Bertz CT molecular complexity index is 967. The molecule has 1 heterocycles. The Labute approximate surface area is 173 Å². The molecule has 6 nitrogen and oxygen atoms in total. The highest BCUT2D eigenvalue weighted by atomic mass is 32.2. The molecule has 0 unspecified atom stereocenters. The number of benzene rings is 2. The van der Waals surface area contributed by atoms with Gasteiger partial charge in [-0.1, -0.05) is 25.5 Å². The zero-order valence-corrected chi connectivity index (χ0v) is 17.1. The number of nitrogens with zero attached hydrogens (tertiary/aromatic N) is 2. The monoisotopic (exact) mass is 410 g/mol. The first-order valence-electron chi connectivity index (χ1n) is 9.30. The van der Waals surface area contributed by atoms with Crippen molar-refractivity contribution < 1.29 is 19.4 Å². The number of hydrogen-bond acceptors (Lipinski definition) is 5. The van der Waals surface area contributed by atoms with E-state index in [1.165, 1.54) is 28.8 Å². The number of carboxylic acids is 1. The maximum atomic E-state index is 12.6. The number of thioether (sulfide) groups is 1. The standard InChI is InChI=1S/C22H22N2O4S/c1-3-4-12-28-18-7-5-6-15(13-18)14-19-20(25)24(2)22(29-19)23-17-10-8-16(9-11-17)21(26)27/h5-11,13-14H,3-4,12H2,1-2H3,(H,26,27)/b19-14+,23-22?. The van der Waals surface area contributed by atoms with Crippen LogP contribution in [0.3, 0.4) is 0 Å². The van der Waals surface area contributed by atoms with Crippen LogP contribution in [0.5, 0.6) is 5.75 Å². The van der Waals surface area contributed by atoms with Crippen molar-refractivity contribution in [2.24, 2.45) is 4.99 Å². The summed E-state index contributed by atoms with van der Waals surface area (Å²) in [5, 5.41) is 9.52. The van der Waals surface area contributed by atoms with Gasteiger partial charge in [0.15, 0.2) is 5.17 Å². The molecule has 0 bridgehead atoms. The van der Waals surface area contributed by atoms with Crippen LogP contribution in [0.4, 0.5) is 5.69 Å². The highest BCUT2D eigenvalue weighted by Gasteiger charge is 2.30. The van der Waals surface area contributed by atoms with Gasteiger partial charge >= 0.3 is 5.97 Å². The molecule has 2 aromatic rings. The molecule has 0 spiro atoms. The maximum Gasteiger partial charge on any atom is 0.335 e. The van der Waals surface area contributed by atoms with Crippen LogP contribution in [-0.4, -0.2) is 40.7 Å². The number of carboxylic acid groups (broad SMARTS) is 1. The van der Waals surface area contributed by atoms with Gasteiger partial charge < -0.3 is 9.84 Å². The third kappa shape index (κ3) is 5.26. The molecule has 0 aromatic heterocycles. The number of carbonyl (C=O) groups is 2. The van der Waals surface area contributed by atoms with E-state index in [1.54, 1.807) is 19.2 Å². The number of unbranched alkanes of at least 4 members (excludes halogenated alkanes) is 1. The Hall–Kier alpha value is -3.06. The number of likely N-dealkylation sites (N-methyl/N-ethyl adjacent to an activating group) is 1. The largest absolute Gasteiger partial charge is 0.494 e. The second kappa shape index (κ2) is 9.43. The third-order valence-corrected chi connectivity index (χ3v) is 5.33. The van der Waals surface area contributed by atoms with Gasteiger partial charge in [0, 0.05) is 7.05 Å². The quantitative estimate of drug-likeness (QED) is 0.524. The average molecular weight is 410 g/mol. The Morgan fingerprint density at radius 3 is 2.69 bits per heavy atom. The minimum absolute atomic E-state index is 0.131. The minimum atomic E-state index is -0.988. The topological polar surface area (TPSA) is 79.2 Å². The summed E-state index contributed by atoms with van der Waals surface area (Å²) < 4.78 is 5.73. The van der Waals surface area contributed by atoms with Crippen molar-refractivity contribution in [2.75, 3.05) is 13.7 Å². The van der Waals surface area contributed by atoms with Gasteiger partial charge in [-0.05, 0) is 66.2 Å². The normalized spacial score (nSPS) is 16.6. The second-order valence-corrected chi connectivity index (χ2v) is 7.50. The Kier molecular flexibility index (Phi) is 6.72. The predicted octanol–water partition coefficient (Wildman–Crippen LogP) is 4.80. The molecule has 7 heteroatoms. The summed E-state index contributed by atoms with van der Waals surface area (Å²) in [5.41, 5.74) is 1.67. The number of rotatable bonds is 7. The first-order valence-corrected chi connectivity index (χ1v) is 10.1. The zero-order chi connectivity index (χ0) is 20.8. The van der Waals surface area contributed by atoms with Crippen molar-refractivity contribution in [2.45, 2.75) is 19.8 Å². The molecule has 0 aliphatic carbocycles. The van der Waals surface area contributed by atoms with Crippen molar-refractivity contribution >= 4 is 40.6 Å². The number of amidine groups is 1. The fraction of sp³-hybridized carbons (Fsp3) is 0.227. The van der Waals surface area contributed by atoms with E-state index in [0.717, 1.165) is 24.2 Å². The van der Waals surface area contributed by atoms with E-state index in [-0.39, 0.29) is 11.5 Å². The van der Waals surface area contributed by atoms with Crippen molar-refractivity contribution in [1.82, 2.24) is 4.90 Å². The molecular weight excluding hydrogens is 388 g/mol. The summed E-state index contributed by atoms with van der Waals surface area (Å²) in [7, 11) is 1.67. The molecule has 1 aliphatic rings. The van der Waals surface area contributed by atoms with Gasteiger partial charge in [0.1, 0.15) is 5.75 Å². The van der Waals surface area contributed by atoms with Crippen LogP contribution in [0.2, 0.25) is 0 Å². The van der Waals surface area contributed by atoms with E-state index >= 15 is 0 Å².